The van der Waals surface area contributed by atoms with E-state index in [9.17, 15) is 13.2 Å². The molecule has 0 N–H and O–H groups in total. The van der Waals surface area contributed by atoms with Crippen LogP contribution in [0.25, 0.3) is 0 Å². The molecular weight excluding hydrogens is 409 g/mol. The van der Waals surface area contributed by atoms with Crippen LogP contribution in [0.2, 0.25) is 10.0 Å². The van der Waals surface area contributed by atoms with Gasteiger partial charge in [0.25, 0.3) is 0 Å². The van der Waals surface area contributed by atoms with Gasteiger partial charge in [-0.25, -0.2) is 8.42 Å². The summed E-state index contributed by atoms with van der Waals surface area (Å²) in [5.41, 5.74) is 0. The van der Waals surface area contributed by atoms with Crippen molar-refractivity contribution in [2.45, 2.75) is 24.7 Å². The topological polar surface area (TPSA) is 60.9 Å². The Labute approximate surface area is 171 Å². The van der Waals surface area contributed by atoms with Gasteiger partial charge in [0.1, 0.15) is 4.90 Å². The molecule has 2 aliphatic heterocycles. The predicted octanol–water partition coefficient (Wildman–Crippen LogP) is 2.56. The van der Waals surface area contributed by atoms with Crippen LogP contribution in [-0.2, 0) is 14.8 Å². The summed E-state index contributed by atoms with van der Waals surface area (Å²) in [7, 11) is -3.70. The Bertz CT molecular complexity index is 787. The van der Waals surface area contributed by atoms with E-state index in [1.165, 1.54) is 16.4 Å². The number of benzene rings is 1. The molecular formula is C18H25Cl2N3O3S. The van der Waals surface area contributed by atoms with Crippen LogP contribution in [-0.4, -0.2) is 74.2 Å². The molecule has 0 saturated carbocycles. The molecule has 0 spiro atoms. The van der Waals surface area contributed by atoms with E-state index >= 15 is 0 Å². The van der Waals surface area contributed by atoms with Crippen LogP contribution in [0, 0.1) is 5.92 Å². The Hall–Kier alpha value is -0.860. The molecule has 2 saturated heterocycles. The highest BCUT2D eigenvalue weighted by Gasteiger charge is 2.31. The number of halogens is 2. The second-order valence-electron chi connectivity index (χ2n) is 7.32. The highest BCUT2D eigenvalue weighted by atomic mass is 35.5. The largest absolute Gasteiger partial charge is 0.342 e. The van der Waals surface area contributed by atoms with Crippen LogP contribution in [0.15, 0.2) is 23.1 Å². The summed E-state index contributed by atoms with van der Waals surface area (Å²) >= 11 is 12.0. The zero-order valence-corrected chi connectivity index (χ0v) is 17.7. The fourth-order valence-electron chi connectivity index (χ4n) is 3.49. The molecule has 27 heavy (non-hydrogen) atoms. The minimum atomic E-state index is -3.70. The minimum absolute atomic E-state index is 0.0311. The number of piperidine rings is 1. The molecule has 1 aromatic rings. The number of sulfonamides is 1. The normalized spacial score (nSPS) is 20.8. The van der Waals surface area contributed by atoms with Crippen molar-refractivity contribution in [2.75, 3.05) is 45.8 Å². The van der Waals surface area contributed by atoms with Crippen molar-refractivity contribution in [1.29, 1.82) is 0 Å². The molecule has 0 atom stereocenters. The third-order valence-electron chi connectivity index (χ3n) is 5.34. The first kappa shape index (κ1) is 20.9. The van der Waals surface area contributed by atoms with E-state index in [2.05, 4.69) is 6.92 Å². The summed E-state index contributed by atoms with van der Waals surface area (Å²) in [4.78, 5) is 16.5. The van der Waals surface area contributed by atoms with Crippen molar-refractivity contribution in [2.24, 2.45) is 5.92 Å². The maximum absolute atomic E-state index is 12.9. The number of rotatable bonds is 4. The van der Waals surface area contributed by atoms with Gasteiger partial charge in [-0.05, 0) is 37.0 Å². The van der Waals surface area contributed by atoms with Gasteiger partial charge in [-0.3, -0.25) is 9.69 Å². The van der Waals surface area contributed by atoms with Crippen molar-refractivity contribution in [1.82, 2.24) is 14.1 Å². The van der Waals surface area contributed by atoms with Gasteiger partial charge in [-0.2, -0.15) is 4.31 Å². The van der Waals surface area contributed by atoms with Crippen molar-refractivity contribution in [3.8, 4) is 0 Å². The van der Waals surface area contributed by atoms with Gasteiger partial charge in [-0.15, -0.1) is 0 Å². The van der Waals surface area contributed by atoms with Crippen LogP contribution in [0.3, 0.4) is 0 Å². The van der Waals surface area contributed by atoms with Gasteiger partial charge in [0.2, 0.25) is 15.9 Å². The third-order valence-corrected chi connectivity index (χ3v) is 7.95. The number of carbonyl (C=O) groups is 1. The van der Waals surface area contributed by atoms with E-state index < -0.39 is 10.0 Å². The first-order valence-corrected chi connectivity index (χ1v) is 11.4. The summed E-state index contributed by atoms with van der Waals surface area (Å²) in [6.07, 6.45) is 2.11. The summed E-state index contributed by atoms with van der Waals surface area (Å²) < 4.78 is 27.1. The fraction of sp³-hybridized carbons (Fsp3) is 0.611. The Morgan fingerprint density at radius 1 is 1.07 bits per heavy atom. The number of hydrogen-bond acceptors (Lipinski definition) is 4. The Morgan fingerprint density at radius 3 is 2.33 bits per heavy atom. The van der Waals surface area contributed by atoms with E-state index in [4.69, 9.17) is 23.2 Å². The highest BCUT2D eigenvalue weighted by Crippen LogP contribution is 2.28. The Morgan fingerprint density at radius 2 is 1.70 bits per heavy atom. The summed E-state index contributed by atoms with van der Waals surface area (Å²) in [6, 6.07) is 4.44. The van der Waals surface area contributed by atoms with Crippen LogP contribution in [0.1, 0.15) is 19.8 Å². The maximum Gasteiger partial charge on any atom is 0.244 e. The van der Waals surface area contributed by atoms with E-state index in [1.54, 1.807) is 6.07 Å². The minimum Gasteiger partial charge on any atom is -0.342 e. The van der Waals surface area contributed by atoms with E-state index in [0.717, 1.165) is 25.9 Å². The van der Waals surface area contributed by atoms with Crippen molar-refractivity contribution in [3.05, 3.63) is 28.2 Å². The zero-order valence-electron chi connectivity index (χ0n) is 15.4. The number of nitrogens with zero attached hydrogens (tertiary/aromatic N) is 3. The smallest absolute Gasteiger partial charge is 0.244 e. The first-order chi connectivity index (χ1) is 12.8. The fourth-order valence-corrected chi connectivity index (χ4v) is 5.65. The summed E-state index contributed by atoms with van der Waals surface area (Å²) in [5, 5.41) is 0.495. The molecule has 1 amide bonds. The molecule has 1 aromatic carbocycles. The number of carbonyl (C=O) groups excluding carboxylic acids is 1. The Balaban J connectivity index is 1.57. The number of hydrogen-bond donors (Lipinski definition) is 0. The molecule has 6 nitrogen and oxygen atoms in total. The van der Waals surface area contributed by atoms with Gasteiger partial charge in [0.15, 0.2) is 0 Å². The van der Waals surface area contributed by atoms with Crippen LogP contribution >= 0.6 is 23.2 Å². The quantitative estimate of drug-likeness (QED) is 0.731. The molecule has 2 aliphatic rings. The van der Waals surface area contributed by atoms with Gasteiger partial charge in [0, 0.05) is 44.3 Å². The molecule has 150 valence electrons. The third kappa shape index (κ3) is 4.95. The summed E-state index contributed by atoms with van der Waals surface area (Å²) in [5.74, 6) is 0.817. The lowest BCUT2D eigenvalue weighted by atomic mass is 9.99. The second-order valence-corrected chi connectivity index (χ2v) is 10.1. The standard InChI is InChI=1S/C18H25Cl2N3O3S/c1-14-4-6-22(7-5-14)18(24)13-21-8-10-23(11-9-21)27(25,26)17-12-15(19)2-3-16(17)20/h2-3,12,14H,4-11,13H2,1H3. The Kier molecular flexibility index (Phi) is 6.69. The first-order valence-electron chi connectivity index (χ1n) is 9.22. The molecule has 3 rings (SSSR count). The summed E-state index contributed by atoms with van der Waals surface area (Å²) in [6.45, 7) is 5.91. The van der Waals surface area contributed by atoms with Crippen molar-refractivity contribution < 1.29 is 13.2 Å². The van der Waals surface area contributed by atoms with Crippen LogP contribution < -0.4 is 0 Å². The second kappa shape index (κ2) is 8.66. The van der Waals surface area contributed by atoms with E-state index in [-0.39, 0.29) is 15.8 Å². The van der Waals surface area contributed by atoms with Gasteiger partial charge in [-0.1, -0.05) is 30.1 Å². The maximum atomic E-state index is 12.9. The number of amides is 1. The van der Waals surface area contributed by atoms with Gasteiger partial charge in [0.05, 0.1) is 11.6 Å². The highest BCUT2D eigenvalue weighted by molar-refractivity contribution is 7.89. The molecule has 0 aliphatic carbocycles. The van der Waals surface area contributed by atoms with Crippen LogP contribution in [0.5, 0.6) is 0 Å². The lowest BCUT2D eigenvalue weighted by Gasteiger charge is -2.36. The van der Waals surface area contributed by atoms with Crippen molar-refractivity contribution >= 4 is 39.1 Å². The lowest BCUT2D eigenvalue weighted by molar-refractivity contribution is -0.134. The van der Waals surface area contributed by atoms with E-state index in [1.807, 2.05) is 9.80 Å². The number of likely N-dealkylation sites (tertiary alicyclic amines) is 1. The zero-order chi connectivity index (χ0) is 19.6. The SMILES string of the molecule is CC1CCN(C(=O)CN2CCN(S(=O)(=O)c3cc(Cl)ccc3Cl)CC2)CC1. The molecule has 0 aromatic heterocycles. The van der Waals surface area contributed by atoms with Gasteiger partial charge < -0.3 is 4.90 Å². The predicted molar refractivity (Wildman–Crippen MR) is 107 cm³/mol. The average molecular weight is 434 g/mol. The van der Waals surface area contributed by atoms with Crippen LogP contribution in [0.4, 0.5) is 0 Å². The molecule has 2 fully saturated rings. The van der Waals surface area contributed by atoms with Crippen molar-refractivity contribution in [3.63, 3.8) is 0 Å². The van der Waals surface area contributed by atoms with E-state index in [0.29, 0.717) is 43.7 Å². The molecule has 2 heterocycles. The number of piperazine rings is 1. The molecule has 0 bridgehead atoms. The average Bonchev–Trinajstić information content (AvgIpc) is 2.64. The molecule has 0 radical (unpaired) electrons. The molecule has 0 unspecified atom stereocenters. The molecule has 9 heteroatoms. The lowest BCUT2D eigenvalue weighted by Crippen LogP contribution is -2.52. The monoisotopic (exact) mass is 433 g/mol. The van der Waals surface area contributed by atoms with Gasteiger partial charge >= 0.3 is 0 Å².